The molecular weight excluding hydrogens is 288 g/mol. The number of rotatable bonds is 9. The molecule has 21 heavy (non-hydrogen) atoms. The smallest absolute Gasteiger partial charge is 0.220 e. The Morgan fingerprint density at radius 1 is 1.19 bits per heavy atom. The van der Waals surface area contributed by atoms with Gasteiger partial charge in [-0.15, -0.1) is 12.4 Å². The van der Waals surface area contributed by atoms with Crippen LogP contribution in [0.5, 0.6) is 5.75 Å². The van der Waals surface area contributed by atoms with Crippen molar-refractivity contribution in [2.45, 2.75) is 33.6 Å². The largest absolute Gasteiger partial charge is 0.494 e. The molecule has 5 heteroatoms. The second-order valence-electron chi connectivity index (χ2n) is 4.90. The third kappa shape index (κ3) is 8.58. The number of nitrogens with one attached hydrogen (secondary N) is 2. The fourth-order valence-electron chi connectivity index (χ4n) is 1.78. The summed E-state index contributed by atoms with van der Waals surface area (Å²) in [5.74, 6) is 0.965. The Hall–Kier alpha value is -1.26. The zero-order valence-corrected chi connectivity index (χ0v) is 14.0. The van der Waals surface area contributed by atoms with Crippen LogP contribution in [-0.4, -0.2) is 32.1 Å². The topological polar surface area (TPSA) is 50.4 Å². The summed E-state index contributed by atoms with van der Waals surface area (Å²) < 4.78 is 5.64. The van der Waals surface area contributed by atoms with E-state index in [9.17, 15) is 4.79 Å². The minimum absolute atomic E-state index is 0. The van der Waals surface area contributed by atoms with Crippen molar-refractivity contribution in [3.8, 4) is 5.75 Å². The molecule has 0 spiro atoms. The standard InChI is InChI=1S/C16H26N2O2.ClH/c1-4-17-9-10-18-16(19)6-5-11-20-15-8-7-13(2)14(3)12-15;/h7-8,12,17H,4-6,9-11H2,1-3H3,(H,18,19);1H. The Labute approximate surface area is 134 Å². The molecule has 0 heterocycles. The highest BCUT2D eigenvalue weighted by atomic mass is 35.5. The normalized spacial score (nSPS) is 9.86. The fraction of sp³-hybridized carbons (Fsp3) is 0.562. The summed E-state index contributed by atoms with van der Waals surface area (Å²) in [5, 5.41) is 6.04. The second-order valence-corrected chi connectivity index (χ2v) is 4.90. The first-order valence-electron chi connectivity index (χ1n) is 7.31. The van der Waals surface area contributed by atoms with Gasteiger partial charge in [-0.25, -0.2) is 0 Å². The van der Waals surface area contributed by atoms with Crippen molar-refractivity contribution in [2.75, 3.05) is 26.2 Å². The molecule has 0 atom stereocenters. The van der Waals surface area contributed by atoms with Crippen LogP contribution in [0.1, 0.15) is 30.9 Å². The van der Waals surface area contributed by atoms with Crippen LogP contribution >= 0.6 is 12.4 Å². The van der Waals surface area contributed by atoms with Crippen LogP contribution in [0.25, 0.3) is 0 Å². The number of halogens is 1. The zero-order valence-electron chi connectivity index (χ0n) is 13.2. The second kappa shape index (κ2) is 11.4. The number of carbonyl (C=O) groups excluding carboxylic acids is 1. The lowest BCUT2D eigenvalue weighted by atomic mass is 10.1. The number of ether oxygens (including phenoxy) is 1. The molecule has 1 aromatic carbocycles. The molecule has 1 aromatic rings. The Morgan fingerprint density at radius 3 is 2.62 bits per heavy atom. The van der Waals surface area contributed by atoms with Gasteiger partial charge in [0, 0.05) is 19.5 Å². The lowest BCUT2D eigenvalue weighted by molar-refractivity contribution is -0.121. The minimum Gasteiger partial charge on any atom is -0.494 e. The van der Waals surface area contributed by atoms with E-state index in [1.165, 1.54) is 11.1 Å². The molecule has 1 rings (SSSR count). The average molecular weight is 315 g/mol. The van der Waals surface area contributed by atoms with E-state index in [1.54, 1.807) is 0 Å². The van der Waals surface area contributed by atoms with Gasteiger partial charge in [-0.1, -0.05) is 13.0 Å². The fourth-order valence-corrected chi connectivity index (χ4v) is 1.78. The Bertz CT molecular complexity index is 425. The van der Waals surface area contributed by atoms with Gasteiger partial charge in [0.25, 0.3) is 0 Å². The van der Waals surface area contributed by atoms with Crippen molar-refractivity contribution < 1.29 is 9.53 Å². The molecule has 120 valence electrons. The van der Waals surface area contributed by atoms with Gasteiger partial charge in [0.2, 0.25) is 5.91 Å². The molecule has 0 bridgehead atoms. The summed E-state index contributed by atoms with van der Waals surface area (Å²) in [7, 11) is 0. The molecule has 2 N–H and O–H groups in total. The molecule has 0 aliphatic carbocycles. The van der Waals surface area contributed by atoms with Gasteiger partial charge >= 0.3 is 0 Å². The average Bonchev–Trinajstić information content (AvgIpc) is 2.43. The van der Waals surface area contributed by atoms with Crippen molar-refractivity contribution in [2.24, 2.45) is 0 Å². The molecule has 0 radical (unpaired) electrons. The summed E-state index contributed by atoms with van der Waals surface area (Å²) in [4.78, 5) is 11.5. The molecule has 0 aliphatic heterocycles. The molecule has 4 nitrogen and oxygen atoms in total. The first kappa shape index (κ1) is 19.7. The maximum atomic E-state index is 11.5. The predicted octanol–water partition coefficient (Wildman–Crippen LogP) is 2.61. The summed E-state index contributed by atoms with van der Waals surface area (Å²) >= 11 is 0. The van der Waals surface area contributed by atoms with Gasteiger partial charge in [-0.05, 0) is 50.1 Å². The zero-order chi connectivity index (χ0) is 14.8. The van der Waals surface area contributed by atoms with E-state index < -0.39 is 0 Å². The van der Waals surface area contributed by atoms with Crippen LogP contribution in [0, 0.1) is 13.8 Å². The summed E-state index contributed by atoms with van der Waals surface area (Å²) in [6, 6.07) is 6.06. The molecular formula is C16H27ClN2O2. The van der Waals surface area contributed by atoms with E-state index in [1.807, 2.05) is 19.1 Å². The molecule has 0 aliphatic rings. The highest BCUT2D eigenvalue weighted by Gasteiger charge is 2.01. The van der Waals surface area contributed by atoms with E-state index in [0.717, 1.165) is 25.3 Å². The molecule has 0 fully saturated rings. The van der Waals surface area contributed by atoms with Gasteiger partial charge in [0.05, 0.1) is 6.61 Å². The molecule has 0 saturated carbocycles. The number of amides is 1. The van der Waals surface area contributed by atoms with Crippen LogP contribution in [-0.2, 0) is 4.79 Å². The number of likely N-dealkylation sites (N-methyl/N-ethyl adjacent to an activating group) is 1. The maximum Gasteiger partial charge on any atom is 0.220 e. The van der Waals surface area contributed by atoms with E-state index in [2.05, 4.69) is 30.5 Å². The van der Waals surface area contributed by atoms with Gasteiger partial charge in [-0.2, -0.15) is 0 Å². The quantitative estimate of drug-likeness (QED) is 0.689. The summed E-state index contributed by atoms with van der Waals surface area (Å²) in [5.41, 5.74) is 2.49. The lowest BCUT2D eigenvalue weighted by Gasteiger charge is -2.09. The van der Waals surface area contributed by atoms with E-state index in [0.29, 0.717) is 19.6 Å². The van der Waals surface area contributed by atoms with Crippen LogP contribution in [0.2, 0.25) is 0 Å². The highest BCUT2D eigenvalue weighted by Crippen LogP contribution is 2.16. The lowest BCUT2D eigenvalue weighted by Crippen LogP contribution is -2.31. The first-order valence-corrected chi connectivity index (χ1v) is 7.31. The number of benzene rings is 1. The molecule has 0 saturated heterocycles. The van der Waals surface area contributed by atoms with E-state index in [4.69, 9.17) is 4.74 Å². The van der Waals surface area contributed by atoms with E-state index in [-0.39, 0.29) is 18.3 Å². The van der Waals surface area contributed by atoms with Crippen LogP contribution in [0.15, 0.2) is 18.2 Å². The van der Waals surface area contributed by atoms with Crippen molar-refractivity contribution in [1.82, 2.24) is 10.6 Å². The highest BCUT2D eigenvalue weighted by molar-refractivity contribution is 5.85. The third-order valence-corrected chi connectivity index (χ3v) is 3.17. The van der Waals surface area contributed by atoms with Gasteiger partial charge in [0.15, 0.2) is 0 Å². The van der Waals surface area contributed by atoms with Crippen molar-refractivity contribution in [3.05, 3.63) is 29.3 Å². The summed E-state index contributed by atoms with van der Waals surface area (Å²) in [6.45, 7) is 9.21. The van der Waals surface area contributed by atoms with Gasteiger partial charge in [0.1, 0.15) is 5.75 Å². The maximum absolute atomic E-state index is 11.5. The Kier molecular flexibility index (Phi) is 10.7. The third-order valence-electron chi connectivity index (χ3n) is 3.17. The van der Waals surface area contributed by atoms with Crippen LogP contribution < -0.4 is 15.4 Å². The van der Waals surface area contributed by atoms with E-state index >= 15 is 0 Å². The van der Waals surface area contributed by atoms with Crippen molar-refractivity contribution in [3.63, 3.8) is 0 Å². The number of hydrogen-bond acceptors (Lipinski definition) is 3. The molecule has 0 unspecified atom stereocenters. The monoisotopic (exact) mass is 314 g/mol. The minimum atomic E-state index is 0. The van der Waals surface area contributed by atoms with Crippen LogP contribution in [0.4, 0.5) is 0 Å². The first-order chi connectivity index (χ1) is 9.63. The van der Waals surface area contributed by atoms with Gasteiger partial charge < -0.3 is 15.4 Å². The SMILES string of the molecule is CCNCCNC(=O)CCCOc1ccc(C)c(C)c1.Cl. The van der Waals surface area contributed by atoms with Crippen molar-refractivity contribution in [1.29, 1.82) is 0 Å². The molecule has 1 amide bonds. The van der Waals surface area contributed by atoms with Crippen LogP contribution in [0.3, 0.4) is 0 Å². The van der Waals surface area contributed by atoms with Gasteiger partial charge in [-0.3, -0.25) is 4.79 Å². The molecule has 0 aromatic heterocycles. The summed E-state index contributed by atoms with van der Waals surface area (Å²) in [6.07, 6.45) is 1.25. The Morgan fingerprint density at radius 2 is 1.95 bits per heavy atom. The number of aryl methyl sites for hydroxylation is 2. The number of hydrogen-bond donors (Lipinski definition) is 2. The number of carbonyl (C=O) groups is 1. The van der Waals surface area contributed by atoms with Crippen molar-refractivity contribution >= 4 is 18.3 Å². The Balaban J connectivity index is 0.00000400. The predicted molar refractivity (Wildman–Crippen MR) is 89.4 cm³/mol.